The highest BCUT2D eigenvalue weighted by atomic mass is 16.2. The third-order valence-corrected chi connectivity index (χ3v) is 3.26. The molecule has 0 unspecified atom stereocenters. The van der Waals surface area contributed by atoms with Crippen LogP contribution in [0.1, 0.15) is 45.6 Å². The SMILES string of the molecule is C=Cc1cccc(N(C(=O)CC)C(CC)CC)c1. The lowest BCUT2D eigenvalue weighted by atomic mass is 10.1. The number of anilines is 1. The molecule has 0 radical (unpaired) electrons. The normalized spacial score (nSPS) is 10.4. The van der Waals surface area contributed by atoms with Crippen molar-refractivity contribution in [1.29, 1.82) is 0 Å². The lowest BCUT2D eigenvalue weighted by Crippen LogP contribution is -2.39. The Balaban J connectivity index is 3.15. The van der Waals surface area contributed by atoms with Gasteiger partial charge in [0, 0.05) is 18.2 Å². The van der Waals surface area contributed by atoms with E-state index in [1.807, 2.05) is 42.2 Å². The highest BCUT2D eigenvalue weighted by molar-refractivity contribution is 5.94. The molecule has 1 aromatic rings. The fraction of sp³-hybridized carbons (Fsp3) is 0.438. The van der Waals surface area contributed by atoms with Gasteiger partial charge in [0.1, 0.15) is 0 Å². The Morgan fingerprint density at radius 3 is 2.50 bits per heavy atom. The van der Waals surface area contributed by atoms with E-state index in [1.54, 1.807) is 0 Å². The first-order chi connectivity index (χ1) is 8.67. The van der Waals surface area contributed by atoms with E-state index in [4.69, 9.17) is 0 Å². The van der Waals surface area contributed by atoms with E-state index in [-0.39, 0.29) is 11.9 Å². The van der Waals surface area contributed by atoms with Gasteiger partial charge in [-0.2, -0.15) is 0 Å². The number of carbonyl (C=O) groups excluding carboxylic acids is 1. The first kappa shape index (κ1) is 14.5. The molecule has 1 rings (SSSR count). The van der Waals surface area contributed by atoms with Gasteiger partial charge in [0.25, 0.3) is 0 Å². The molecule has 0 N–H and O–H groups in total. The van der Waals surface area contributed by atoms with Gasteiger partial charge >= 0.3 is 0 Å². The van der Waals surface area contributed by atoms with E-state index in [9.17, 15) is 4.79 Å². The van der Waals surface area contributed by atoms with Crippen LogP contribution >= 0.6 is 0 Å². The minimum atomic E-state index is 0.185. The van der Waals surface area contributed by atoms with E-state index in [1.165, 1.54) is 0 Å². The fourth-order valence-corrected chi connectivity index (χ4v) is 2.18. The van der Waals surface area contributed by atoms with Crippen LogP contribution in [-0.4, -0.2) is 11.9 Å². The maximum atomic E-state index is 12.2. The summed E-state index contributed by atoms with van der Waals surface area (Å²) in [6, 6.07) is 8.28. The maximum Gasteiger partial charge on any atom is 0.226 e. The van der Waals surface area contributed by atoms with Crippen molar-refractivity contribution in [2.45, 2.75) is 46.1 Å². The topological polar surface area (TPSA) is 20.3 Å². The average molecular weight is 245 g/mol. The molecule has 1 amide bonds. The molecule has 0 saturated carbocycles. The summed E-state index contributed by atoms with van der Waals surface area (Å²) < 4.78 is 0. The van der Waals surface area contributed by atoms with Gasteiger partial charge < -0.3 is 4.90 Å². The predicted octanol–water partition coefficient (Wildman–Crippen LogP) is 4.26. The standard InChI is InChI=1S/C16H23NO/c1-5-13-10-9-11-15(12-13)17(16(18)8-4)14(6-2)7-3/h5,9-12,14H,1,6-8H2,2-4H3. The Bertz CT molecular complexity index is 407. The minimum absolute atomic E-state index is 0.185. The number of rotatable bonds is 6. The molecule has 1 aromatic carbocycles. The van der Waals surface area contributed by atoms with Gasteiger partial charge in [-0.3, -0.25) is 4.79 Å². The van der Waals surface area contributed by atoms with Gasteiger partial charge in [-0.1, -0.05) is 45.6 Å². The summed E-state index contributed by atoms with van der Waals surface area (Å²) in [7, 11) is 0. The van der Waals surface area contributed by atoms with Gasteiger partial charge in [-0.15, -0.1) is 0 Å². The van der Waals surface area contributed by atoms with Crippen LogP contribution in [-0.2, 0) is 4.79 Å². The molecule has 0 aromatic heterocycles. The molecule has 0 spiro atoms. The van der Waals surface area contributed by atoms with Crippen molar-refractivity contribution >= 4 is 17.7 Å². The molecule has 0 saturated heterocycles. The summed E-state index contributed by atoms with van der Waals surface area (Å²) in [6.45, 7) is 9.94. The van der Waals surface area contributed by atoms with Gasteiger partial charge in [0.2, 0.25) is 5.91 Å². The van der Waals surface area contributed by atoms with Crippen molar-refractivity contribution in [2.75, 3.05) is 4.90 Å². The van der Waals surface area contributed by atoms with E-state index in [2.05, 4.69) is 20.4 Å². The Kier molecular flexibility index (Phi) is 5.63. The Labute approximate surface area is 110 Å². The molecule has 0 fully saturated rings. The smallest absolute Gasteiger partial charge is 0.226 e. The van der Waals surface area contributed by atoms with Crippen LogP contribution in [0.25, 0.3) is 6.08 Å². The molecule has 0 aliphatic rings. The van der Waals surface area contributed by atoms with Crippen LogP contribution in [0.2, 0.25) is 0 Å². The molecule has 18 heavy (non-hydrogen) atoms. The molecule has 2 heteroatoms. The second-order valence-electron chi connectivity index (χ2n) is 4.39. The molecule has 2 nitrogen and oxygen atoms in total. The van der Waals surface area contributed by atoms with Gasteiger partial charge in [0.05, 0.1) is 0 Å². The largest absolute Gasteiger partial charge is 0.309 e. The van der Waals surface area contributed by atoms with Crippen LogP contribution in [0.4, 0.5) is 5.69 Å². The lowest BCUT2D eigenvalue weighted by Gasteiger charge is -2.30. The number of hydrogen-bond donors (Lipinski definition) is 0. The molecular weight excluding hydrogens is 222 g/mol. The Morgan fingerprint density at radius 1 is 1.33 bits per heavy atom. The zero-order chi connectivity index (χ0) is 13.5. The van der Waals surface area contributed by atoms with Crippen molar-refractivity contribution in [2.24, 2.45) is 0 Å². The Morgan fingerprint density at radius 2 is 2.00 bits per heavy atom. The van der Waals surface area contributed by atoms with E-state index >= 15 is 0 Å². The monoisotopic (exact) mass is 245 g/mol. The van der Waals surface area contributed by atoms with Crippen LogP contribution in [0.5, 0.6) is 0 Å². The van der Waals surface area contributed by atoms with Gasteiger partial charge in [0.15, 0.2) is 0 Å². The van der Waals surface area contributed by atoms with Gasteiger partial charge in [-0.25, -0.2) is 0 Å². The van der Waals surface area contributed by atoms with E-state index in [0.717, 1.165) is 24.1 Å². The van der Waals surface area contributed by atoms with Crippen molar-refractivity contribution < 1.29 is 4.79 Å². The third kappa shape index (κ3) is 3.22. The van der Waals surface area contributed by atoms with Crippen molar-refractivity contribution in [3.05, 3.63) is 36.4 Å². The molecule has 0 aliphatic heterocycles. The fourth-order valence-electron chi connectivity index (χ4n) is 2.18. The number of amides is 1. The zero-order valence-corrected chi connectivity index (χ0v) is 11.6. The highest BCUT2D eigenvalue weighted by Crippen LogP contribution is 2.23. The van der Waals surface area contributed by atoms with Crippen LogP contribution in [0.15, 0.2) is 30.8 Å². The van der Waals surface area contributed by atoms with Crippen LogP contribution in [0, 0.1) is 0 Å². The predicted molar refractivity (Wildman–Crippen MR) is 78.7 cm³/mol. The molecule has 0 atom stereocenters. The van der Waals surface area contributed by atoms with Gasteiger partial charge in [-0.05, 0) is 30.5 Å². The third-order valence-electron chi connectivity index (χ3n) is 3.26. The number of benzene rings is 1. The summed E-state index contributed by atoms with van der Waals surface area (Å²) in [6.07, 6.45) is 4.29. The molecular formula is C16H23NO. The first-order valence-corrected chi connectivity index (χ1v) is 6.72. The summed E-state index contributed by atoms with van der Waals surface area (Å²) >= 11 is 0. The van der Waals surface area contributed by atoms with E-state index in [0.29, 0.717) is 6.42 Å². The maximum absolute atomic E-state index is 12.2. The molecule has 0 heterocycles. The summed E-state index contributed by atoms with van der Waals surface area (Å²) in [5.74, 6) is 0.185. The lowest BCUT2D eigenvalue weighted by molar-refractivity contribution is -0.118. The number of hydrogen-bond acceptors (Lipinski definition) is 1. The summed E-state index contributed by atoms with van der Waals surface area (Å²) in [4.78, 5) is 14.1. The second kappa shape index (κ2) is 7.00. The number of nitrogens with zero attached hydrogens (tertiary/aromatic N) is 1. The van der Waals surface area contributed by atoms with E-state index < -0.39 is 0 Å². The van der Waals surface area contributed by atoms with Crippen molar-refractivity contribution in [1.82, 2.24) is 0 Å². The number of carbonyl (C=O) groups is 1. The molecule has 0 bridgehead atoms. The van der Waals surface area contributed by atoms with Crippen LogP contribution < -0.4 is 4.90 Å². The second-order valence-corrected chi connectivity index (χ2v) is 4.39. The zero-order valence-electron chi connectivity index (χ0n) is 11.6. The Hall–Kier alpha value is -1.57. The summed E-state index contributed by atoms with van der Waals surface area (Å²) in [5, 5.41) is 0. The minimum Gasteiger partial charge on any atom is -0.309 e. The van der Waals surface area contributed by atoms with Crippen molar-refractivity contribution in [3.8, 4) is 0 Å². The van der Waals surface area contributed by atoms with Crippen LogP contribution in [0.3, 0.4) is 0 Å². The molecule has 98 valence electrons. The highest BCUT2D eigenvalue weighted by Gasteiger charge is 2.21. The average Bonchev–Trinajstić information content (AvgIpc) is 2.43. The summed E-state index contributed by atoms with van der Waals surface area (Å²) in [5.41, 5.74) is 2.03. The first-order valence-electron chi connectivity index (χ1n) is 6.72. The molecule has 0 aliphatic carbocycles. The quantitative estimate of drug-likeness (QED) is 0.733. The van der Waals surface area contributed by atoms with Crippen molar-refractivity contribution in [3.63, 3.8) is 0 Å².